The van der Waals surface area contributed by atoms with Gasteiger partial charge in [-0.2, -0.15) is 0 Å². The lowest BCUT2D eigenvalue weighted by molar-refractivity contribution is 1.38. The van der Waals surface area contributed by atoms with Crippen LogP contribution < -0.4 is 0 Å². The predicted molar refractivity (Wildman–Crippen MR) is 65.1 cm³/mol. The average molecular weight is 188 g/mol. The molecule has 0 N–H and O–H groups in total. The zero-order valence-electron chi connectivity index (χ0n) is 8.61. The number of hydrogen-bond acceptors (Lipinski definition) is 2. The Kier molecular flexibility index (Phi) is 6.96. The minimum Gasteiger partial charge on any atom is -0.301 e. The molecule has 74 valence electrons. The largest absolute Gasteiger partial charge is 0.301 e. The zero-order valence-corrected chi connectivity index (χ0v) is 8.61. The van der Waals surface area contributed by atoms with Crippen molar-refractivity contribution in [1.29, 1.82) is 0 Å². The Hall–Kier alpha value is -1.70. The Balaban J connectivity index is 4.46. The smallest absolute Gasteiger partial charge is 0.0339 e. The number of rotatable bonds is 6. The number of aliphatic imine (C=N–C) groups is 2. The Morgan fingerprint density at radius 1 is 1.36 bits per heavy atom. The van der Waals surface area contributed by atoms with Gasteiger partial charge in [0.2, 0.25) is 0 Å². The van der Waals surface area contributed by atoms with E-state index in [1.807, 2.05) is 12.3 Å². The van der Waals surface area contributed by atoms with Crippen LogP contribution >= 0.6 is 0 Å². The first kappa shape index (κ1) is 12.3. The Bertz CT molecular complexity index is 293. The number of allylic oxidation sites excluding steroid dienone is 4. The molecule has 0 aromatic carbocycles. The van der Waals surface area contributed by atoms with E-state index in [9.17, 15) is 0 Å². The molecule has 0 aromatic heterocycles. The van der Waals surface area contributed by atoms with Crippen molar-refractivity contribution in [3.8, 4) is 0 Å². The summed E-state index contributed by atoms with van der Waals surface area (Å²) >= 11 is 0. The van der Waals surface area contributed by atoms with Crippen LogP contribution in [0.5, 0.6) is 0 Å². The molecule has 0 fully saturated rings. The molecule has 0 atom stereocenters. The zero-order chi connectivity index (χ0) is 10.8. The monoisotopic (exact) mass is 188 g/mol. The average Bonchev–Trinajstić information content (AvgIpc) is 2.21. The molecule has 0 spiro atoms. The van der Waals surface area contributed by atoms with Gasteiger partial charge in [0.15, 0.2) is 0 Å². The first-order valence-electron chi connectivity index (χ1n) is 4.32. The van der Waals surface area contributed by atoms with Crippen LogP contribution in [0.1, 0.15) is 6.42 Å². The molecule has 14 heavy (non-hydrogen) atoms. The first-order chi connectivity index (χ1) is 6.76. The van der Waals surface area contributed by atoms with E-state index in [1.165, 1.54) is 6.20 Å². The molecule has 0 saturated carbocycles. The van der Waals surface area contributed by atoms with Crippen LogP contribution in [0.15, 0.2) is 59.2 Å². The third-order valence-corrected chi connectivity index (χ3v) is 1.55. The fourth-order valence-electron chi connectivity index (χ4n) is 0.848. The highest BCUT2D eigenvalue weighted by molar-refractivity contribution is 5.85. The van der Waals surface area contributed by atoms with E-state index >= 15 is 0 Å². The summed E-state index contributed by atoms with van der Waals surface area (Å²) < 4.78 is 0. The standard InChI is InChI=1S/C12H16N2/c1-5-12(8-7-9-13-4)11(3)10-14-6-2/h5-6,8-10H,1-3,7H2,4H3. The molecule has 0 radical (unpaired) electrons. The van der Waals surface area contributed by atoms with Gasteiger partial charge in [0.1, 0.15) is 0 Å². The molecule has 0 rings (SSSR count). The van der Waals surface area contributed by atoms with E-state index in [0.717, 1.165) is 17.6 Å². The van der Waals surface area contributed by atoms with Crippen molar-refractivity contribution in [3.63, 3.8) is 0 Å². The summed E-state index contributed by atoms with van der Waals surface area (Å²) in [5, 5.41) is 0. The van der Waals surface area contributed by atoms with Crippen LogP contribution in [0.2, 0.25) is 0 Å². The second kappa shape index (κ2) is 7.92. The third kappa shape index (κ3) is 5.04. The normalized spacial score (nSPS) is 12.2. The quantitative estimate of drug-likeness (QED) is 0.452. The molecule has 0 bridgehead atoms. The Morgan fingerprint density at radius 2 is 2.07 bits per heavy atom. The highest BCUT2D eigenvalue weighted by atomic mass is 14.7. The molecule has 0 aliphatic carbocycles. The van der Waals surface area contributed by atoms with Crippen molar-refractivity contribution in [3.05, 3.63) is 49.2 Å². The minimum atomic E-state index is 0.777. The van der Waals surface area contributed by atoms with Crippen LogP contribution in [0.3, 0.4) is 0 Å². The van der Waals surface area contributed by atoms with Crippen molar-refractivity contribution in [2.75, 3.05) is 7.05 Å². The predicted octanol–water partition coefficient (Wildman–Crippen LogP) is 2.96. The van der Waals surface area contributed by atoms with E-state index in [2.05, 4.69) is 29.7 Å². The molecule has 0 amide bonds. The van der Waals surface area contributed by atoms with Gasteiger partial charge in [-0.1, -0.05) is 31.9 Å². The van der Waals surface area contributed by atoms with Gasteiger partial charge in [0, 0.05) is 32.1 Å². The molecule has 0 aliphatic heterocycles. The Morgan fingerprint density at radius 3 is 2.57 bits per heavy atom. The molecular weight excluding hydrogens is 172 g/mol. The summed E-state index contributed by atoms with van der Waals surface area (Å²) in [7, 11) is 1.75. The highest BCUT2D eigenvalue weighted by Gasteiger charge is 1.93. The van der Waals surface area contributed by atoms with Gasteiger partial charge in [-0.15, -0.1) is 0 Å². The SMILES string of the molecule is C=CN=CC(=C)C(C=C)=CCC=NC. The van der Waals surface area contributed by atoms with Gasteiger partial charge in [0.25, 0.3) is 0 Å². The summed E-state index contributed by atoms with van der Waals surface area (Å²) in [6, 6.07) is 0. The summed E-state index contributed by atoms with van der Waals surface area (Å²) in [4.78, 5) is 7.77. The van der Waals surface area contributed by atoms with E-state index in [-0.39, 0.29) is 0 Å². The third-order valence-electron chi connectivity index (χ3n) is 1.55. The van der Waals surface area contributed by atoms with Crippen molar-refractivity contribution in [2.24, 2.45) is 9.98 Å². The van der Waals surface area contributed by atoms with E-state index in [4.69, 9.17) is 0 Å². The Labute approximate surface area is 85.8 Å². The lowest BCUT2D eigenvalue weighted by Crippen LogP contribution is -1.86. The van der Waals surface area contributed by atoms with Gasteiger partial charge in [-0.25, -0.2) is 0 Å². The maximum atomic E-state index is 3.89. The fraction of sp³-hybridized carbons (Fsp3) is 0.167. The summed E-state index contributed by atoms with van der Waals surface area (Å²) in [6.45, 7) is 11.1. The van der Waals surface area contributed by atoms with Crippen LogP contribution in [-0.2, 0) is 0 Å². The molecule has 0 unspecified atom stereocenters. The molecular formula is C12H16N2. The lowest BCUT2D eigenvalue weighted by Gasteiger charge is -1.98. The maximum Gasteiger partial charge on any atom is 0.0339 e. The second-order valence-corrected chi connectivity index (χ2v) is 2.53. The lowest BCUT2D eigenvalue weighted by atomic mass is 10.1. The van der Waals surface area contributed by atoms with Crippen molar-refractivity contribution in [2.45, 2.75) is 6.42 Å². The minimum absolute atomic E-state index is 0.777. The van der Waals surface area contributed by atoms with Gasteiger partial charge < -0.3 is 4.99 Å². The van der Waals surface area contributed by atoms with Crippen molar-refractivity contribution < 1.29 is 0 Å². The van der Waals surface area contributed by atoms with E-state index in [1.54, 1.807) is 19.3 Å². The maximum absolute atomic E-state index is 3.89. The highest BCUT2D eigenvalue weighted by Crippen LogP contribution is 2.07. The number of nitrogens with zero attached hydrogens (tertiary/aromatic N) is 2. The molecule has 2 nitrogen and oxygen atoms in total. The van der Waals surface area contributed by atoms with Crippen LogP contribution in [-0.4, -0.2) is 19.5 Å². The fourth-order valence-corrected chi connectivity index (χ4v) is 0.848. The van der Waals surface area contributed by atoms with Crippen LogP contribution in [0.25, 0.3) is 0 Å². The van der Waals surface area contributed by atoms with Gasteiger partial charge in [-0.3, -0.25) is 4.99 Å². The summed E-state index contributed by atoms with van der Waals surface area (Å²) in [5.41, 5.74) is 1.79. The van der Waals surface area contributed by atoms with E-state index < -0.39 is 0 Å². The number of hydrogen-bond donors (Lipinski definition) is 0. The summed E-state index contributed by atoms with van der Waals surface area (Å²) in [5.74, 6) is 0. The first-order valence-corrected chi connectivity index (χ1v) is 4.32. The van der Waals surface area contributed by atoms with Crippen LogP contribution in [0.4, 0.5) is 0 Å². The van der Waals surface area contributed by atoms with E-state index in [0.29, 0.717) is 0 Å². The molecule has 0 aromatic rings. The van der Waals surface area contributed by atoms with Crippen molar-refractivity contribution in [1.82, 2.24) is 0 Å². The molecule has 0 aliphatic rings. The van der Waals surface area contributed by atoms with Gasteiger partial charge >= 0.3 is 0 Å². The second-order valence-electron chi connectivity index (χ2n) is 2.53. The molecule has 0 heterocycles. The van der Waals surface area contributed by atoms with Gasteiger partial charge in [0.05, 0.1) is 0 Å². The van der Waals surface area contributed by atoms with Crippen LogP contribution in [0, 0.1) is 0 Å². The van der Waals surface area contributed by atoms with Crippen molar-refractivity contribution >= 4 is 12.4 Å². The topological polar surface area (TPSA) is 24.7 Å². The van der Waals surface area contributed by atoms with Gasteiger partial charge in [-0.05, 0) is 11.1 Å². The summed E-state index contributed by atoms with van der Waals surface area (Å²) in [6.07, 6.45) is 9.47. The molecule has 0 saturated heterocycles. The molecule has 2 heteroatoms.